The van der Waals surface area contributed by atoms with Gasteiger partial charge in [0.05, 0.1) is 7.11 Å². The van der Waals surface area contributed by atoms with Crippen molar-refractivity contribution in [3.8, 4) is 5.75 Å². The molecule has 0 bridgehead atoms. The molecule has 0 heterocycles. The third kappa shape index (κ3) is 2.86. The molecule has 84 valence electrons. The molecular formula is C12H18ClNO. The summed E-state index contributed by atoms with van der Waals surface area (Å²) in [6, 6.07) is 3.91. The van der Waals surface area contributed by atoms with Gasteiger partial charge in [0.1, 0.15) is 5.75 Å². The van der Waals surface area contributed by atoms with E-state index in [1.807, 2.05) is 26.1 Å². The van der Waals surface area contributed by atoms with Crippen molar-refractivity contribution in [2.75, 3.05) is 20.7 Å². The fraction of sp³-hybridized carbons (Fsp3) is 0.500. The normalized spacial score (nSPS) is 12.6. The lowest BCUT2D eigenvalue weighted by atomic mass is 9.98. The molecule has 0 aromatic heterocycles. The molecule has 3 heteroatoms. The van der Waals surface area contributed by atoms with Crippen molar-refractivity contribution in [1.29, 1.82) is 0 Å². The van der Waals surface area contributed by atoms with Crippen LogP contribution in [-0.4, -0.2) is 20.7 Å². The number of hydrogen-bond acceptors (Lipinski definition) is 2. The third-order valence-electron chi connectivity index (χ3n) is 2.51. The fourth-order valence-electron chi connectivity index (χ4n) is 1.82. The van der Waals surface area contributed by atoms with Gasteiger partial charge in [-0.1, -0.05) is 18.5 Å². The zero-order valence-electron chi connectivity index (χ0n) is 9.73. The van der Waals surface area contributed by atoms with Crippen LogP contribution in [0.25, 0.3) is 0 Å². The molecule has 1 N–H and O–H groups in total. The van der Waals surface area contributed by atoms with Gasteiger partial charge in [-0.25, -0.2) is 0 Å². The van der Waals surface area contributed by atoms with Crippen LogP contribution in [0.5, 0.6) is 5.75 Å². The molecule has 0 spiro atoms. The van der Waals surface area contributed by atoms with Crippen LogP contribution in [-0.2, 0) is 0 Å². The molecule has 1 rings (SSSR count). The Morgan fingerprint density at radius 2 is 2.13 bits per heavy atom. The van der Waals surface area contributed by atoms with E-state index < -0.39 is 0 Å². The van der Waals surface area contributed by atoms with E-state index in [0.717, 1.165) is 28.4 Å². The molecule has 15 heavy (non-hydrogen) atoms. The Labute approximate surface area is 96.6 Å². The third-order valence-corrected chi connectivity index (χ3v) is 2.73. The highest BCUT2D eigenvalue weighted by molar-refractivity contribution is 6.30. The van der Waals surface area contributed by atoms with Crippen LogP contribution < -0.4 is 10.1 Å². The number of nitrogens with one attached hydrogen (secondary N) is 1. The Kier molecular flexibility index (Phi) is 4.43. The molecule has 0 aliphatic heterocycles. The lowest BCUT2D eigenvalue weighted by Gasteiger charge is -2.17. The molecule has 2 nitrogen and oxygen atoms in total. The highest BCUT2D eigenvalue weighted by Crippen LogP contribution is 2.32. The summed E-state index contributed by atoms with van der Waals surface area (Å²) in [4.78, 5) is 0. The van der Waals surface area contributed by atoms with Crippen LogP contribution in [0.2, 0.25) is 5.02 Å². The molecule has 0 aliphatic carbocycles. The van der Waals surface area contributed by atoms with E-state index in [9.17, 15) is 0 Å². The molecule has 1 aromatic rings. The first-order valence-electron chi connectivity index (χ1n) is 5.08. The van der Waals surface area contributed by atoms with E-state index in [0.29, 0.717) is 5.92 Å². The summed E-state index contributed by atoms with van der Waals surface area (Å²) >= 11 is 6.05. The monoisotopic (exact) mass is 227 g/mol. The first kappa shape index (κ1) is 12.3. The molecule has 1 aromatic carbocycles. The van der Waals surface area contributed by atoms with Crippen LogP contribution in [0.3, 0.4) is 0 Å². The summed E-state index contributed by atoms with van der Waals surface area (Å²) in [5.74, 6) is 1.34. The van der Waals surface area contributed by atoms with E-state index in [1.165, 1.54) is 0 Å². The number of rotatable bonds is 4. The molecule has 0 radical (unpaired) electrons. The number of methoxy groups -OCH3 is 1. The van der Waals surface area contributed by atoms with Crippen molar-refractivity contribution in [3.63, 3.8) is 0 Å². The first-order valence-corrected chi connectivity index (χ1v) is 5.46. The molecule has 1 unspecified atom stereocenters. The van der Waals surface area contributed by atoms with Crippen molar-refractivity contribution < 1.29 is 4.74 Å². The molecule has 0 amide bonds. The van der Waals surface area contributed by atoms with Gasteiger partial charge in [0.2, 0.25) is 0 Å². The Morgan fingerprint density at radius 3 is 2.67 bits per heavy atom. The molecule has 0 aliphatic rings. The highest BCUT2D eigenvalue weighted by atomic mass is 35.5. The fourth-order valence-corrected chi connectivity index (χ4v) is 2.10. The summed E-state index contributed by atoms with van der Waals surface area (Å²) in [5, 5.41) is 3.93. The number of hydrogen-bond donors (Lipinski definition) is 1. The van der Waals surface area contributed by atoms with Gasteiger partial charge in [-0.3, -0.25) is 0 Å². The van der Waals surface area contributed by atoms with E-state index in [4.69, 9.17) is 16.3 Å². The zero-order chi connectivity index (χ0) is 11.4. The van der Waals surface area contributed by atoms with Crippen LogP contribution in [0.4, 0.5) is 0 Å². The largest absolute Gasteiger partial charge is 0.496 e. The summed E-state index contributed by atoms with van der Waals surface area (Å²) < 4.78 is 5.41. The predicted octanol–water partition coefficient (Wildman–Crippen LogP) is 2.98. The topological polar surface area (TPSA) is 21.3 Å². The maximum absolute atomic E-state index is 6.05. The Balaban J connectivity index is 3.13. The second kappa shape index (κ2) is 5.38. The van der Waals surface area contributed by atoms with Crippen molar-refractivity contribution in [2.45, 2.75) is 19.8 Å². The number of halogens is 1. The van der Waals surface area contributed by atoms with Gasteiger partial charge in [-0.15, -0.1) is 0 Å². The van der Waals surface area contributed by atoms with Gasteiger partial charge in [0, 0.05) is 11.6 Å². The summed E-state index contributed by atoms with van der Waals surface area (Å²) in [7, 11) is 3.65. The van der Waals surface area contributed by atoms with Crippen molar-refractivity contribution in [2.24, 2.45) is 0 Å². The van der Waals surface area contributed by atoms with Crippen LogP contribution in [0.1, 0.15) is 24.0 Å². The minimum Gasteiger partial charge on any atom is -0.496 e. The molecular weight excluding hydrogens is 210 g/mol. The van der Waals surface area contributed by atoms with E-state index in [-0.39, 0.29) is 0 Å². The van der Waals surface area contributed by atoms with Gasteiger partial charge in [-0.05, 0) is 43.1 Å². The highest BCUT2D eigenvalue weighted by Gasteiger charge is 2.13. The lowest BCUT2D eigenvalue weighted by molar-refractivity contribution is 0.402. The second-order valence-corrected chi connectivity index (χ2v) is 4.24. The molecule has 1 atom stereocenters. The van der Waals surface area contributed by atoms with Crippen molar-refractivity contribution in [1.82, 2.24) is 5.32 Å². The number of likely N-dealkylation sites (N-methyl/N-ethyl adjacent to an activating group) is 1. The molecule has 0 fully saturated rings. The summed E-state index contributed by atoms with van der Waals surface area (Å²) in [5.41, 5.74) is 2.25. The van der Waals surface area contributed by atoms with E-state index >= 15 is 0 Å². The average molecular weight is 228 g/mol. The number of benzene rings is 1. The minimum atomic E-state index is 0.391. The lowest BCUT2D eigenvalue weighted by Crippen LogP contribution is -2.15. The number of aryl methyl sites for hydroxylation is 1. The van der Waals surface area contributed by atoms with Gasteiger partial charge in [0.15, 0.2) is 0 Å². The van der Waals surface area contributed by atoms with Crippen LogP contribution >= 0.6 is 11.6 Å². The Hall–Kier alpha value is -0.730. The second-order valence-electron chi connectivity index (χ2n) is 3.80. The average Bonchev–Trinajstić information content (AvgIpc) is 2.17. The van der Waals surface area contributed by atoms with Gasteiger partial charge in [-0.2, -0.15) is 0 Å². The number of ether oxygens (including phenoxy) is 1. The van der Waals surface area contributed by atoms with Crippen molar-refractivity contribution >= 4 is 11.6 Å². The smallest absolute Gasteiger partial charge is 0.125 e. The first-order chi connectivity index (χ1) is 7.10. The Bertz CT molecular complexity index is 339. The standard InChI is InChI=1S/C12H18ClNO/c1-8-5-10(13)6-11(12(8)15-4)9(2)7-14-3/h5-6,9,14H,7H2,1-4H3. The quantitative estimate of drug-likeness (QED) is 0.854. The SMILES string of the molecule is CNCC(C)c1cc(Cl)cc(C)c1OC. The summed E-state index contributed by atoms with van der Waals surface area (Å²) in [6.07, 6.45) is 0. The minimum absolute atomic E-state index is 0.391. The Morgan fingerprint density at radius 1 is 1.47 bits per heavy atom. The van der Waals surface area contributed by atoms with Crippen LogP contribution in [0, 0.1) is 6.92 Å². The molecule has 0 saturated heterocycles. The maximum Gasteiger partial charge on any atom is 0.125 e. The predicted molar refractivity (Wildman–Crippen MR) is 65.1 cm³/mol. The van der Waals surface area contributed by atoms with E-state index in [1.54, 1.807) is 7.11 Å². The van der Waals surface area contributed by atoms with Gasteiger partial charge >= 0.3 is 0 Å². The van der Waals surface area contributed by atoms with Gasteiger partial charge in [0.25, 0.3) is 0 Å². The maximum atomic E-state index is 6.05. The van der Waals surface area contributed by atoms with E-state index in [2.05, 4.69) is 12.2 Å². The zero-order valence-corrected chi connectivity index (χ0v) is 10.5. The summed E-state index contributed by atoms with van der Waals surface area (Å²) in [6.45, 7) is 5.08. The van der Waals surface area contributed by atoms with Crippen molar-refractivity contribution in [3.05, 3.63) is 28.3 Å². The van der Waals surface area contributed by atoms with Crippen LogP contribution in [0.15, 0.2) is 12.1 Å². The van der Waals surface area contributed by atoms with Gasteiger partial charge < -0.3 is 10.1 Å². The molecule has 0 saturated carbocycles.